The molecule has 1 heterocycles. The summed E-state index contributed by atoms with van der Waals surface area (Å²) in [4.78, 5) is 2.66. The molecule has 0 spiro atoms. The Bertz CT molecular complexity index is 239. The minimum atomic E-state index is 0.528. The molecule has 1 atom stereocenters. The molecule has 1 saturated heterocycles. The van der Waals surface area contributed by atoms with Crippen molar-refractivity contribution in [3.63, 3.8) is 0 Å². The van der Waals surface area contributed by atoms with Gasteiger partial charge < -0.3 is 10.1 Å². The third kappa shape index (κ3) is 3.69. The van der Waals surface area contributed by atoms with Gasteiger partial charge in [-0.2, -0.15) is 0 Å². The van der Waals surface area contributed by atoms with E-state index in [2.05, 4.69) is 24.1 Å². The summed E-state index contributed by atoms with van der Waals surface area (Å²) in [6.07, 6.45) is 7.09. The molecule has 0 radical (unpaired) electrons. The van der Waals surface area contributed by atoms with E-state index in [1.54, 1.807) is 0 Å². The molecule has 1 saturated carbocycles. The maximum absolute atomic E-state index is 5.56. The fraction of sp³-hybridized carbons (Fsp3) is 1.00. The zero-order valence-corrected chi connectivity index (χ0v) is 12.2. The Labute approximate surface area is 112 Å². The molecular formula is C15H30N2O. The second kappa shape index (κ2) is 6.88. The molecule has 2 fully saturated rings. The molecule has 1 aliphatic heterocycles. The molecule has 1 N–H and O–H groups in total. The lowest BCUT2D eigenvalue weighted by atomic mass is 9.73. The summed E-state index contributed by atoms with van der Waals surface area (Å²) in [7, 11) is 0. The van der Waals surface area contributed by atoms with E-state index in [9.17, 15) is 0 Å². The van der Waals surface area contributed by atoms with Crippen LogP contribution in [-0.4, -0.2) is 50.3 Å². The average molecular weight is 254 g/mol. The molecule has 0 aromatic rings. The van der Waals surface area contributed by atoms with Gasteiger partial charge in [0.15, 0.2) is 0 Å². The standard InChI is InChI=1S/C15H30N2O/c1-3-16-12-15(7-5-4-6-8-15)13-17-9-10-18-11-14(17)2/h14,16H,3-13H2,1-2H3. The Morgan fingerprint density at radius 1 is 1.28 bits per heavy atom. The van der Waals surface area contributed by atoms with Crippen molar-refractivity contribution in [1.82, 2.24) is 10.2 Å². The molecule has 18 heavy (non-hydrogen) atoms. The number of nitrogens with one attached hydrogen (secondary N) is 1. The minimum Gasteiger partial charge on any atom is -0.379 e. The van der Waals surface area contributed by atoms with E-state index in [0.717, 1.165) is 26.3 Å². The maximum Gasteiger partial charge on any atom is 0.0619 e. The van der Waals surface area contributed by atoms with Crippen molar-refractivity contribution >= 4 is 0 Å². The number of hydrogen-bond donors (Lipinski definition) is 1. The summed E-state index contributed by atoms with van der Waals surface area (Å²) in [5.74, 6) is 0. The molecule has 3 nitrogen and oxygen atoms in total. The highest BCUT2D eigenvalue weighted by molar-refractivity contribution is 4.89. The Hall–Kier alpha value is -0.120. The van der Waals surface area contributed by atoms with Gasteiger partial charge in [-0.25, -0.2) is 0 Å². The van der Waals surface area contributed by atoms with Crippen LogP contribution >= 0.6 is 0 Å². The van der Waals surface area contributed by atoms with Gasteiger partial charge in [0, 0.05) is 25.7 Å². The minimum absolute atomic E-state index is 0.528. The molecule has 0 aromatic carbocycles. The highest BCUT2D eigenvalue weighted by Crippen LogP contribution is 2.37. The van der Waals surface area contributed by atoms with E-state index in [1.165, 1.54) is 45.2 Å². The van der Waals surface area contributed by atoms with Crippen LogP contribution in [0.4, 0.5) is 0 Å². The first-order chi connectivity index (χ1) is 8.76. The highest BCUT2D eigenvalue weighted by atomic mass is 16.5. The van der Waals surface area contributed by atoms with Crippen molar-refractivity contribution in [1.29, 1.82) is 0 Å². The largest absolute Gasteiger partial charge is 0.379 e. The van der Waals surface area contributed by atoms with E-state index in [-0.39, 0.29) is 0 Å². The van der Waals surface area contributed by atoms with Gasteiger partial charge in [0.25, 0.3) is 0 Å². The third-order valence-corrected chi connectivity index (χ3v) is 4.71. The average Bonchev–Trinajstić information content (AvgIpc) is 2.40. The zero-order valence-electron chi connectivity index (χ0n) is 12.2. The highest BCUT2D eigenvalue weighted by Gasteiger charge is 2.35. The Morgan fingerprint density at radius 3 is 2.72 bits per heavy atom. The summed E-state index contributed by atoms with van der Waals surface area (Å²) < 4.78 is 5.56. The van der Waals surface area contributed by atoms with E-state index < -0.39 is 0 Å². The Balaban J connectivity index is 1.94. The topological polar surface area (TPSA) is 24.5 Å². The van der Waals surface area contributed by atoms with Crippen LogP contribution in [0.3, 0.4) is 0 Å². The quantitative estimate of drug-likeness (QED) is 0.814. The molecule has 2 rings (SSSR count). The molecule has 106 valence electrons. The van der Waals surface area contributed by atoms with Gasteiger partial charge in [0.1, 0.15) is 0 Å². The first-order valence-corrected chi connectivity index (χ1v) is 7.78. The van der Waals surface area contributed by atoms with Crippen molar-refractivity contribution < 1.29 is 4.74 Å². The predicted molar refractivity (Wildman–Crippen MR) is 75.9 cm³/mol. The van der Waals surface area contributed by atoms with Gasteiger partial charge >= 0.3 is 0 Å². The lowest BCUT2D eigenvalue weighted by molar-refractivity contribution is -0.0268. The van der Waals surface area contributed by atoms with Crippen LogP contribution in [0.1, 0.15) is 46.0 Å². The third-order valence-electron chi connectivity index (χ3n) is 4.71. The lowest BCUT2D eigenvalue weighted by Gasteiger charge is -2.44. The molecule has 0 amide bonds. The lowest BCUT2D eigenvalue weighted by Crippen LogP contribution is -2.52. The molecule has 1 unspecified atom stereocenters. The second-order valence-corrected chi connectivity index (χ2v) is 6.24. The van der Waals surface area contributed by atoms with Crippen molar-refractivity contribution in [2.24, 2.45) is 5.41 Å². The van der Waals surface area contributed by atoms with E-state index in [4.69, 9.17) is 4.74 Å². The monoisotopic (exact) mass is 254 g/mol. The van der Waals surface area contributed by atoms with Crippen LogP contribution in [0.15, 0.2) is 0 Å². The van der Waals surface area contributed by atoms with E-state index in [0.29, 0.717) is 11.5 Å². The summed E-state index contributed by atoms with van der Waals surface area (Å²) >= 11 is 0. The van der Waals surface area contributed by atoms with Crippen molar-refractivity contribution in [3.8, 4) is 0 Å². The first-order valence-electron chi connectivity index (χ1n) is 7.78. The normalized spacial score (nSPS) is 29.3. The van der Waals surface area contributed by atoms with Gasteiger partial charge in [0.2, 0.25) is 0 Å². The smallest absolute Gasteiger partial charge is 0.0619 e. The van der Waals surface area contributed by atoms with Crippen molar-refractivity contribution in [2.45, 2.75) is 52.0 Å². The molecular weight excluding hydrogens is 224 g/mol. The Kier molecular flexibility index (Phi) is 5.46. The molecule has 0 aromatic heterocycles. The SMILES string of the molecule is CCNCC1(CN2CCOCC2C)CCCCC1. The van der Waals surface area contributed by atoms with Crippen LogP contribution in [0, 0.1) is 5.41 Å². The summed E-state index contributed by atoms with van der Waals surface area (Å²) in [6.45, 7) is 11.0. The van der Waals surface area contributed by atoms with Crippen molar-refractivity contribution in [2.75, 3.05) is 39.4 Å². The summed E-state index contributed by atoms with van der Waals surface area (Å²) in [5.41, 5.74) is 0.528. The molecule has 2 aliphatic rings. The summed E-state index contributed by atoms with van der Waals surface area (Å²) in [5, 5.41) is 3.61. The fourth-order valence-electron chi connectivity index (χ4n) is 3.51. The van der Waals surface area contributed by atoms with Gasteiger partial charge in [-0.3, -0.25) is 4.90 Å². The fourth-order valence-corrected chi connectivity index (χ4v) is 3.51. The van der Waals surface area contributed by atoms with E-state index >= 15 is 0 Å². The van der Waals surface area contributed by atoms with Crippen LogP contribution in [0.2, 0.25) is 0 Å². The molecule has 0 bridgehead atoms. The number of ether oxygens (including phenoxy) is 1. The number of nitrogens with zero attached hydrogens (tertiary/aromatic N) is 1. The second-order valence-electron chi connectivity index (χ2n) is 6.24. The van der Waals surface area contributed by atoms with Crippen LogP contribution in [0.5, 0.6) is 0 Å². The van der Waals surface area contributed by atoms with E-state index in [1.807, 2.05) is 0 Å². The van der Waals surface area contributed by atoms with Gasteiger partial charge in [-0.1, -0.05) is 26.2 Å². The van der Waals surface area contributed by atoms with Crippen LogP contribution in [-0.2, 0) is 4.74 Å². The molecule has 3 heteroatoms. The van der Waals surface area contributed by atoms with Crippen LogP contribution in [0.25, 0.3) is 0 Å². The van der Waals surface area contributed by atoms with Gasteiger partial charge in [-0.15, -0.1) is 0 Å². The Morgan fingerprint density at radius 2 is 2.06 bits per heavy atom. The van der Waals surface area contributed by atoms with Gasteiger partial charge in [-0.05, 0) is 31.7 Å². The molecule has 1 aliphatic carbocycles. The summed E-state index contributed by atoms with van der Waals surface area (Å²) in [6, 6.07) is 0.596. The maximum atomic E-state index is 5.56. The predicted octanol–water partition coefficient (Wildman–Crippen LogP) is 2.27. The number of hydrogen-bond acceptors (Lipinski definition) is 3. The number of morpholine rings is 1. The zero-order chi connectivity index (χ0) is 12.8. The van der Waals surface area contributed by atoms with Gasteiger partial charge in [0.05, 0.1) is 13.2 Å². The number of rotatable bonds is 5. The first kappa shape index (κ1) is 14.3. The van der Waals surface area contributed by atoms with Crippen molar-refractivity contribution in [3.05, 3.63) is 0 Å². The van der Waals surface area contributed by atoms with Crippen LogP contribution < -0.4 is 5.32 Å².